The fraction of sp³-hybridized carbons (Fsp3) is 0.115. The number of nitrogens with two attached hydrogens (primary N) is 1. The number of thiophene rings is 1. The highest BCUT2D eigenvalue weighted by Crippen LogP contribution is 2.62. The summed E-state index contributed by atoms with van der Waals surface area (Å²) in [5.41, 5.74) is 16.4. The number of fused-ring (bicyclic) bond motifs is 9. The van der Waals surface area contributed by atoms with E-state index in [1.54, 1.807) is 0 Å². The first-order chi connectivity index (χ1) is 27.8. The summed E-state index contributed by atoms with van der Waals surface area (Å²) in [5, 5.41) is 1.37. The summed E-state index contributed by atoms with van der Waals surface area (Å²) in [6, 6.07) is 59.4. The summed E-state index contributed by atoms with van der Waals surface area (Å²) >= 11 is 1.95. The highest BCUT2D eigenvalue weighted by molar-refractivity contribution is 7.19. The topological polar surface area (TPSA) is 44.5 Å². The average Bonchev–Trinajstić information content (AvgIpc) is 3.80. The van der Waals surface area contributed by atoms with Crippen LogP contribution in [-0.2, 0) is 18.3 Å². The van der Waals surface area contributed by atoms with Gasteiger partial charge in [0, 0.05) is 21.1 Å². The molecule has 272 valence electrons. The van der Waals surface area contributed by atoms with E-state index in [0.717, 1.165) is 47.8 Å². The molecule has 3 nitrogen and oxygen atoms in total. The summed E-state index contributed by atoms with van der Waals surface area (Å²) in [5.74, 6) is 3.14. The van der Waals surface area contributed by atoms with E-state index in [-0.39, 0.29) is 5.92 Å². The van der Waals surface area contributed by atoms with Gasteiger partial charge in [-0.25, -0.2) is 0 Å². The second kappa shape index (κ2) is 14.1. The lowest BCUT2D eigenvalue weighted by Gasteiger charge is -2.34. The van der Waals surface area contributed by atoms with E-state index in [4.69, 9.17) is 9.47 Å². The molecule has 1 aliphatic heterocycles. The van der Waals surface area contributed by atoms with Crippen molar-refractivity contribution in [3.63, 3.8) is 0 Å². The molecule has 11 rings (SSSR count). The Labute approximate surface area is 332 Å². The lowest BCUT2D eigenvalue weighted by molar-refractivity contribution is 0.360. The molecule has 8 aromatic rings. The van der Waals surface area contributed by atoms with Gasteiger partial charge in [-0.15, -0.1) is 11.3 Å². The predicted octanol–water partition coefficient (Wildman–Crippen LogP) is 13.1. The fourth-order valence-electron chi connectivity index (χ4n) is 9.26. The van der Waals surface area contributed by atoms with Gasteiger partial charge in [0.05, 0.1) is 5.41 Å². The van der Waals surface area contributed by atoms with Crippen LogP contribution in [0, 0.1) is 0 Å². The summed E-state index contributed by atoms with van der Waals surface area (Å²) in [6.45, 7) is 0. The van der Waals surface area contributed by atoms with Crippen molar-refractivity contribution in [1.29, 1.82) is 0 Å². The number of ether oxygens (including phenoxy) is 2. The number of benzene rings is 7. The van der Waals surface area contributed by atoms with Gasteiger partial charge in [-0.3, -0.25) is 0 Å². The van der Waals surface area contributed by atoms with E-state index in [1.165, 1.54) is 72.1 Å². The Kier molecular flexibility index (Phi) is 8.66. The summed E-state index contributed by atoms with van der Waals surface area (Å²) in [7, 11) is 1.50. The maximum atomic E-state index is 6.98. The van der Waals surface area contributed by atoms with Crippen molar-refractivity contribution >= 4 is 27.5 Å². The van der Waals surface area contributed by atoms with Crippen LogP contribution in [0.25, 0.3) is 27.3 Å². The molecule has 56 heavy (non-hydrogen) atoms. The molecule has 0 amide bonds. The first kappa shape index (κ1) is 34.3. The molecule has 1 atom stereocenters. The average molecular weight is 744 g/mol. The molecule has 2 aliphatic carbocycles. The molecular weight excluding hydrogens is 703 g/mol. The van der Waals surface area contributed by atoms with Crippen molar-refractivity contribution in [2.75, 3.05) is 7.05 Å². The zero-order valence-corrected chi connectivity index (χ0v) is 32.1. The lowest BCUT2D eigenvalue weighted by Crippen LogP contribution is -2.28. The van der Waals surface area contributed by atoms with Gasteiger partial charge in [0.1, 0.15) is 0 Å². The molecule has 3 aliphatic rings. The lowest BCUT2D eigenvalue weighted by atomic mass is 9.68. The Morgan fingerprint density at radius 2 is 1.29 bits per heavy atom. The van der Waals surface area contributed by atoms with E-state index in [9.17, 15) is 0 Å². The molecule has 2 N–H and O–H groups in total. The van der Waals surface area contributed by atoms with Crippen LogP contribution in [0.4, 0.5) is 0 Å². The SMILES string of the molecule is C1=Cc2c(sc3cc(C(Cc4ccccc4)c4ccc5c(c4)Oc4ccc6c(c4O5)-c4ccccc4C6(c4ccccc4)c4ccccc4)ccc23)CC1.CN. The van der Waals surface area contributed by atoms with Gasteiger partial charge in [-0.05, 0) is 106 Å². The second-order valence-electron chi connectivity index (χ2n) is 14.6. The Hall–Kier alpha value is -6.20. The second-order valence-corrected chi connectivity index (χ2v) is 15.8. The molecule has 2 heterocycles. The van der Waals surface area contributed by atoms with E-state index in [0.29, 0.717) is 0 Å². The van der Waals surface area contributed by atoms with Crippen LogP contribution in [0.3, 0.4) is 0 Å². The minimum absolute atomic E-state index is 0.144. The van der Waals surface area contributed by atoms with Gasteiger partial charge in [0.2, 0.25) is 0 Å². The fourth-order valence-corrected chi connectivity index (χ4v) is 10.5. The highest BCUT2D eigenvalue weighted by atomic mass is 32.1. The smallest absolute Gasteiger partial charge is 0.178 e. The van der Waals surface area contributed by atoms with Crippen LogP contribution in [0.5, 0.6) is 23.0 Å². The number of allylic oxidation sites excluding steroid dienone is 1. The molecular formula is C52H41NO2S. The molecule has 0 bridgehead atoms. The van der Waals surface area contributed by atoms with Crippen molar-refractivity contribution in [1.82, 2.24) is 0 Å². The Morgan fingerprint density at radius 3 is 2.05 bits per heavy atom. The third-order valence-corrected chi connectivity index (χ3v) is 12.9. The predicted molar refractivity (Wildman–Crippen MR) is 232 cm³/mol. The molecule has 0 saturated carbocycles. The quantitative estimate of drug-likeness (QED) is 0.184. The number of hydrogen-bond donors (Lipinski definition) is 1. The summed E-state index contributed by atoms with van der Waals surface area (Å²) < 4.78 is 15.2. The van der Waals surface area contributed by atoms with Crippen LogP contribution < -0.4 is 15.2 Å². The molecule has 1 aromatic heterocycles. The molecule has 0 radical (unpaired) electrons. The van der Waals surface area contributed by atoms with Gasteiger partial charge in [0.25, 0.3) is 0 Å². The van der Waals surface area contributed by atoms with Gasteiger partial charge in [-0.1, -0.05) is 152 Å². The van der Waals surface area contributed by atoms with Gasteiger partial charge in [0.15, 0.2) is 23.0 Å². The Bertz CT molecular complexity index is 2710. The van der Waals surface area contributed by atoms with Crippen molar-refractivity contribution < 1.29 is 9.47 Å². The largest absolute Gasteiger partial charge is 0.449 e. The van der Waals surface area contributed by atoms with Crippen molar-refractivity contribution in [2.45, 2.75) is 30.6 Å². The van der Waals surface area contributed by atoms with Gasteiger partial charge in [-0.2, -0.15) is 0 Å². The van der Waals surface area contributed by atoms with E-state index < -0.39 is 5.41 Å². The van der Waals surface area contributed by atoms with Gasteiger partial charge < -0.3 is 15.2 Å². The van der Waals surface area contributed by atoms with Crippen LogP contribution in [0.1, 0.15) is 61.7 Å². The number of rotatable bonds is 6. The standard InChI is InChI=1S/C51H36O2S.CH5N/c1-4-14-33(15-5-1)30-41(35-24-26-39-38-20-11-13-23-47(38)54-48(39)32-35)34-25-28-44-46(31-34)52-45-29-27-43-49(50(45)53-44)40-21-10-12-22-42(40)51(43,36-16-6-2-7-17-36)37-18-8-3-9-19-37;1-2/h1-12,14-22,24-29,31-32,41H,13,23,30H2;2H2,1H3. The minimum atomic E-state index is -0.499. The molecule has 4 heteroatoms. The van der Waals surface area contributed by atoms with Crippen LogP contribution >= 0.6 is 11.3 Å². The number of aryl methyl sites for hydroxylation is 1. The van der Waals surface area contributed by atoms with Gasteiger partial charge >= 0.3 is 0 Å². The van der Waals surface area contributed by atoms with Crippen molar-refractivity contribution in [3.8, 4) is 34.1 Å². The van der Waals surface area contributed by atoms with Crippen LogP contribution in [0.15, 0.2) is 170 Å². The summed E-state index contributed by atoms with van der Waals surface area (Å²) in [6.07, 6.45) is 7.77. The molecule has 0 spiro atoms. The van der Waals surface area contributed by atoms with E-state index >= 15 is 0 Å². The monoisotopic (exact) mass is 743 g/mol. The zero-order chi connectivity index (χ0) is 37.6. The molecule has 1 unspecified atom stereocenters. The summed E-state index contributed by atoms with van der Waals surface area (Å²) in [4.78, 5) is 1.50. The molecule has 0 saturated heterocycles. The Balaban J connectivity index is 0.00000189. The molecule has 7 aromatic carbocycles. The van der Waals surface area contributed by atoms with Crippen molar-refractivity contribution in [2.24, 2.45) is 5.73 Å². The van der Waals surface area contributed by atoms with Crippen LogP contribution in [-0.4, -0.2) is 7.05 Å². The normalized spacial score (nSPS) is 14.5. The zero-order valence-electron chi connectivity index (χ0n) is 31.2. The van der Waals surface area contributed by atoms with E-state index in [1.807, 2.05) is 11.3 Å². The third kappa shape index (κ3) is 5.43. The first-order valence-electron chi connectivity index (χ1n) is 19.5. The molecule has 0 fully saturated rings. The highest BCUT2D eigenvalue weighted by Gasteiger charge is 2.48. The maximum Gasteiger partial charge on any atom is 0.178 e. The minimum Gasteiger partial charge on any atom is -0.449 e. The van der Waals surface area contributed by atoms with Crippen LogP contribution in [0.2, 0.25) is 0 Å². The van der Waals surface area contributed by atoms with Crippen molar-refractivity contribution in [3.05, 3.63) is 219 Å². The number of hydrogen-bond acceptors (Lipinski definition) is 4. The van der Waals surface area contributed by atoms with E-state index in [2.05, 4.69) is 182 Å². The third-order valence-electron chi connectivity index (χ3n) is 11.7. The first-order valence-corrected chi connectivity index (χ1v) is 20.3. The maximum absolute atomic E-state index is 6.98. The Morgan fingerprint density at radius 1 is 0.625 bits per heavy atom.